The zero-order valence-electron chi connectivity index (χ0n) is 11.7. The zero-order valence-corrected chi connectivity index (χ0v) is 12.5. The van der Waals surface area contributed by atoms with E-state index in [0.717, 1.165) is 12.1 Å². The first kappa shape index (κ1) is 14.9. The molecule has 0 radical (unpaired) electrons. The van der Waals surface area contributed by atoms with Gasteiger partial charge >= 0.3 is 0 Å². The van der Waals surface area contributed by atoms with Gasteiger partial charge in [0, 0.05) is 5.69 Å². The van der Waals surface area contributed by atoms with Gasteiger partial charge in [0.1, 0.15) is 5.82 Å². The lowest BCUT2D eigenvalue weighted by molar-refractivity contribution is 0.531. The molecule has 1 unspecified atom stereocenters. The van der Waals surface area contributed by atoms with Crippen molar-refractivity contribution in [3.05, 3.63) is 64.9 Å². The lowest BCUT2D eigenvalue weighted by atomic mass is 9.97. The first-order chi connectivity index (χ1) is 9.56. The maximum absolute atomic E-state index is 13.2. The summed E-state index contributed by atoms with van der Waals surface area (Å²) in [4.78, 5) is 0. The number of benzene rings is 2. The molecule has 2 aromatic carbocycles. The topological polar surface area (TPSA) is 12.0 Å². The summed E-state index contributed by atoms with van der Waals surface area (Å²) >= 11 is 5.83. The van der Waals surface area contributed by atoms with Crippen molar-refractivity contribution in [2.75, 3.05) is 5.32 Å². The van der Waals surface area contributed by atoms with Crippen LogP contribution in [0.15, 0.2) is 48.5 Å². The van der Waals surface area contributed by atoms with Gasteiger partial charge in [0.25, 0.3) is 0 Å². The van der Waals surface area contributed by atoms with Crippen LogP contribution < -0.4 is 5.32 Å². The Hall–Kier alpha value is -1.54. The summed E-state index contributed by atoms with van der Waals surface area (Å²) in [5.41, 5.74) is 2.06. The average Bonchev–Trinajstić information content (AvgIpc) is 2.43. The van der Waals surface area contributed by atoms with Crippen molar-refractivity contribution in [3.8, 4) is 0 Å². The molecule has 2 aromatic rings. The van der Waals surface area contributed by atoms with E-state index < -0.39 is 5.82 Å². The minimum absolute atomic E-state index is 0.145. The summed E-state index contributed by atoms with van der Waals surface area (Å²) in [6.45, 7) is 4.38. The Morgan fingerprint density at radius 1 is 1.10 bits per heavy atom. The molecule has 0 spiro atoms. The summed E-state index contributed by atoms with van der Waals surface area (Å²) < 4.78 is 13.2. The van der Waals surface area contributed by atoms with Gasteiger partial charge < -0.3 is 5.32 Å². The minimum Gasteiger partial charge on any atom is -0.378 e. The molecule has 20 heavy (non-hydrogen) atoms. The molecule has 0 heterocycles. The van der Waals surface area contributed by atoms with E-state index >= 15 is 0 Å². The fourth-order valence-electron chi connectivity index (χ4n) is 2.22. The predicted molar refractivity (Wildman–Crippen MR) is 83.7 cm³/mol. The van der Waals surface area contributed by atoms with Crippen LogP contribution in [0.1, 0.15) is 31.9 Å². The minimum atomic E-state index is -0.391. The maximum atomic E-state index is 13.2. The van der Waals surface area contributed by atoms with E-state index in [2.05, 4.69) is 31.3 Å². The van der Waals surface area contributed by atoms with Gasteiger partial charge in [-0.25, -0.2) is 4.39 Å². The van der Waals surface area contributed by atoms with Crippen molar-refractivity contribution in [2.45, 2.75) is 26.3 Å². The van der Waals surface area contributed by atoms with Crippen LogP contribution in [0.3, 0.4) is 0 Å². The molecule has 106 valence electrons. The first-order valence-electron chi connectivity index (χ1n) is 6.83. The lowest BCUT2D eigenvalue weighted by Gasteiger charge is -2.22. The Kier molecular flexibility index (Phi) is 5.02. The van der Waals surface area contributed by atoms with E-state index in [1.54, 1.807) is 12.1 Å². The number of rotatable bonds is 5. The Balaban J connectivity index is 2.21. The summed E-state index contributed by atoms with van der Waals surface area (Å²) in [5, 5.41) is 3.59. The van der Waals surface area contributed by atoms with Gasteiger partial charge in [0.15, 0.2) is 0 Å². The van der Waals surface area contributed by atoms with Gasteiger partial charge in [0.2, 0.25) is 0 Å². The molecule has 0 bridgehead atoms. The second-order valence-electron chi connectivity index (χ2n) is 5.37. The van der Waals surface area contributed by atoms with Gasteiger partial charge in [-0.2, -0.15) is 0 Å². The highest BCUT2D eigenvalue weighted by molar-refractivity contribution is 6.31. The van der Waals surface area contributed by atoms with Crippen LogP contribution in [-0.4, -0.2) is 0 Å². The molecule has 0 aromatic heterocycles. The highest BCUT2D eigenvalue weighted by Gasteiger charge is 2.13. The summed E-state index contributed by atoms with van der Waals surface area (Å²) in [5.74, 6) is 0.168. The van der Waals surface area contributed by atoms with Crippen LogP contribution in [0.5, 0.6) is 0 Å². The van der Waals surface area contributed by atoms with Crippen LogP contribution in [0.2, 0.25) is 5.02 Å². The number of hydrogen-bond donors (Lipinski definition) is 1. The average molecular weight is 292 g/mol. The Morgan fingerprint density at radius 2 is 1.80 bits per heavy atom. The van der Waals surface area contributed by atoms with Crippen LogP contribution in [-0.2, 0) is 0 Å². The standard InChI is InChI=1S/C17H19ClFN/c1-12(2)10-17(13-6-4-3-5-7-13)20-14-8-9-16(19)15(18)11-14/h3-9,11-12,17,20H,10H2,1-2H3. The third kappa shape index (κ3) is 3.97. The molecule has 0 saturated heterocycles. The van der Waals surface area contributed by atoms with E-state index in [9.17, 15) is 4.39 Å². The predicted octanol–water partition coefficient (Wildman–Crippen LogP) is 5.68. The molecule has 0 fully saturated rings. The van der Waals surface area contributed by atoms with Gasteiger partial charge in [-0.3, -0.25) is 0 Å². The SMILES string of the molecule is CC(C)CC(Nc1ccc(F)c(Cl)c1)c1ccccc1. The third-order valence-corrected chi connectivity index (χ3v) is 3.46. The Bertz CT molecular complexity index is 554. The Morgan fingerprint density at radius 3 is 2.40 bits per heavy atom. The maximum Gasteiger partial charge on any atom is 0.141 e. The van der Waals surface area contributed by atoms with E-state index in [0.29, 0.717) is 5.92 Å². The van der Waals surface area contributed by atoms with Crippen molar-refractivity contribution < 1.29 is 4.39 Å². The fourth-order valence-corrected chi connectivity index (χ4v) is 2.40. The molecule has 0 aliphatic heterocycles. The van der Waals surface area contributed by atoms with Crippen molar-refractivity contribution in [1.29, 1.82) is 0 Å². The molecule has 0 saturated carbocycles. The molecule has 0 amide bonds. The van der Waals surface area contributed by atoms with Crippen molar-refractivity contribution >= 4 is 17.3 Å². The van der Waals surface area contributed by atoms with Gasteiger partial charge in [-0.1, -0.05) is 55.8 Å². The number of hydrogen-bond acceptors (Lipinski definition) is 1. The number of halogens is 2. The van der Waals surface area contributed by atoms with E-state index in [4.69, 9.17) is 11.6 Å². The highest BCUT2D eigenvalue weighted by atomic mass is 35.5. The van der Waals surface area contributed by atoms with E-state index in [-0.39, 0.29) is 11.1 Å². The second-order valence-corrected chi connectivity index (χ2v) is 5.77. The number of nitrogens with one attached hydrogen (secondary N) is 1. The van der Waals surface area contributed by atoms with E-state index in [1.165, 1.54) is 11.6 Å². The van der Waals surface area contributed by atoms with Crippen molar-refractivity contribution in [3.63, 3.8) is 0 Å². The molecule has 0 aliphatic rings. The summed E-state index contributed by atoms with van der Waals surface area (Å²) in [7, 11) is 0. The molecular formula is C17H19ClFN. The van der Waals surface area contributed by atoms with Gasteiger partial charge in [0.05, 0.1) is 11.1 Å². The molecule has 0 aliphatic carbocycles. The largest absolute Gasteiger partial charge is 0.378 e. The first-order valence-corrected chi connectivity index (χ1v) is 7.20. The lowest BCUT2D eigenvalue weighted by Crippen LogP contribution is -2.13. The normalized spacial score (nSPS) is 12.4. The van der Waals surface area contributed by atoms with Crippen LogP contribution in [0.25, 0.3) is 0 Å². The monoisotopic (exact) mass is 291 g/mol. The molecular weight excluding hydrogens is 273 g/mol. The fraction of sp³-hybridized carbons (Fsp3) is 0.294. The van der Waals surface area contributed by atoms with Crippen LogP contribution >= 0.6 is 11.6 Å². The molecule has 3 heteroatoms. The molecule has 1 N–H and O–H groups in total. The molecule has 1 nitrogen and oxygen atoms in total. The van der Waals surface area contributed by atoms with Crippen LogP contribution in [0.4, 0.5) is 10.1 Å². The van der Waals surface area contributed by atoms with Gasteiger partial charge in [-0.05, 0) is 36.1 Å². The summed E-state index contributed by atoms with van der Waals surface area (Å²) in [6.07, 6.45) is 0.999. The molecule has 2 rings (SSSR count). The van der Waals surface area contributed by atoms with Crippen LogP contribution in [0, 0.1) is 11.7 Å². The van der Waals surface area contributed by atoms with Gasteiger partial charge in [-0.15, -0.1) is 0 Å². The third-order valence-electron chi connectivity index (χ3n) is 3.17. The highest BCUT2D eigenvalue weighted by Crippen LogP contribution is 2.28. The molecule has 1 atom stereocenters. The quantitative estimate of drug-likeness (QED) is 0.747. The number of anilines is 1. The second kappa shape index (κ2) is 6.76. The smallest absolute Gasteiger partial charge is 0.141 e. The van der Waals surface area contributed by atoms with E-state index in [1.807, 2.05) is 18.2 Å². The zero-order chi connectivity index (χ0) is 14.5. The van der Waals surface area contributed by atoms with Crippen molar-refractivity contribution in [2.24, 2.45) is 5.92 Å². The Labute approximate surface area is 124 Å². The summed E-state index contributed by atoms with van der Waals surface area (Å²) in [6, 6.07) is 15.2. The van der Waals surface area contributed by atoms with Crippen molar-refractivity contribution in [1.82, 2.24) is 0 Å².